The number of phenolic OH excluding ortho intramolecular Hbond substituents is 1. The quantitative estimate of drug-likeness (QED) is 0.0633. The second kappa shape index (κ2) is 48.5. The van der Waals surface area contributed by atoms with Crippen molar-refractivity contribution >= 4 is 31.8 Å². The van der Waals surface area contributed by atoms with Crippen LogP contribution in [0.2, 0.25) is 0 Å². The van der Waals surface area contributed by atoms with Gasteiger partial charge in [0.15, 0.2) is 0 Å². The fraction of sp³-hybridized carbons (Fsp3) is 0. The van der Waals surface area contributed by atoms with Crippen LogP contribution in [0.25, 0.3) is 90.1 Å². The van der Waals surface area contributed by atoms with E-state index in [1.165, 1.54) is 10.6 Å². The van der Waals surface area contributed by atoms with Crippen LogP contribution in [0.5, 0.6) is 5.75 Å². The largest absolute Gasteiger partial charge is 3.00 e. The maximum absolute atomic E-state index is 8.63. The van der Waals surface area contributed by atoms with Gasteiger partial charge in [-0.15, -0.1) is 287 Å². The fourth-order valence-electron chi connectivity index (χ4n) is 9.42. The molecule has 12 aromatic carbocycles. The van der Waals surface area contributed by atoms with Crippen molar-refractivity contribution in [1.29, 1.82) is 0 Å². The first-order valence-corrected chi connectivity index (χ1v) is 33.4. The summed E-state index contributed by atoms with van der Waals surface area (Å²) in [4.78, 5) is 19.5. The molecule has 1 radical (unpaired) electrons. The molecule has 0 atom stereocenters. The molecule has 4 heterocycles. The zero-order valence-corrected chi connectivity index (χ0v) is 61.6. The van der Waals surface area contributed by atoms with Gasteiger partial charge in [-0.2, -0.15) is 4.90 Å². The average Bonchev–Trinajstić information content (AvgIpc) is 0.862. The Hall–Kier alpha value is -10.4. The topological polar surface area (TPSA) is 103 Å². The molecule has 3 N–H and O–H groups in total. The smallest absolute Gasteiger partial charge is 0.780 e. The molecule has 16 rings (SSSR count). The van der Waals surface area contributed by atoms with Gasteiger partial charge in [-0.25, -0.2) is 0 Å². The Kier molecular flexibility index (Phi) is 39.3. The molecule has 6 nitrogen and oxygen atoms in total. The Bertz CT molecular complexity index is 4090. The van der Waals surface area contributed by atoms with Crippen molar-refractivity contribution in [2.45, 2.75) is 4.90 Å². The summed E-state index contributed by atoms with van der Waals surface area (Å²) < 4.78 is 0. The summed E-state index contributed by atoms with van der Waals surface area (Å²) in [6.07, 6.45) is 0. The van der Waals surface area contributed by atoms with Gasteiger partial charge in [0.2, 0.25) is 0 Å². The van der Waals surface area contributed by atoms with Crippen LogP contribution < -0.4 is 10.6 Å². The van der Waals surface area contributed by atoms with Crippen LogP contribution in [0.4, 0.5) is 0 Å². The normalized spacial score (nSPS) is 9.46. The molecule has 0 saturated carbocycles. The Morgan fingerprint density at radius 2 is 0.394 bits per heavy atom. The molecule has 0 fully saturated rings. The van der Waals surface area contributed by atoms with E-state index in [1.54, 1.807) is 24.3 Å². The minimum absolute atomic E-state index is 0. The number of benzene rings is 12. The first-order chi connectivity index (χ1) is 49.0. The Morgan fingerprint density at radius 3 is 0.538 bits per heavy atom. The summed E-state index contributed by atoms with van der Waals surface area (Å²) in [6.45, 7) is 0. The minimum Gasteiger partial charge on any atom is -0.780 e. The zero-order valence-electron chi connectivity index (χ0n) is 55.9. The molecule has 519 valence electrons. The molecule has 0 amide bonds. The molecule has 104 heavy (non-hydrogen) atoms. The van der Waals surface area contributed by atoms with E-state index >= 15 is 0 Å². The van der Waals surface area contributed by atoms with Gasteiger partial charge in [-0.05, 0) is 68.3 Å². The van der Waals surface area contributed by atoms with Crippen molar-refractivity contribution in [3.8, 4) is 95.8 Å². The Labute approximate surface area is 660 Å². The van der Waals surface area contributed by atoms with E-state index in [9.17, 15) is 0 Å². The molecular formula is C92H68N4Ni4O2PS. The van der Waals surface area contributed by atoms with Crippen molar-refractivity contribution in [3.05, 3.63) is 437 Å². The maximum atomic E-state index is 8.63. The van der Waals surface area contributed by atoms with E-state index in [1.807, 2.05) is 303 Å². The number of nitrogens with zero attached hydrogens (tertiary/aromatic N) is 4. The van der Waals surface area contributed by atoms with Crippen LogP contribution in [0.1, 0.15) is 0 Å². The third-order valence-corrected chi connectivity index (χ3v) is 15.7. The molecule has 0 saturated heterocycles. The number of para-hydroxylation sites is 1. The third kappa shape index (κ3) is 28.8. The van der Waals surface area contributed by atoms with E-state index in [2.05, 4.69) is 129 Å². The summed E-state index contributed by atoms with van der Waals surface area (Å²) in [6, 6.07) is 152. The second-order valence-corrected chi connectivity index (χ2v) is 23.2. The van der Waals surface area contributed by atoms with Crippen molar-refractivity contribution < 1.29 is 76.5 Å². The van der Waals surface area contributed by atoms with Gasteiger partial charge < -0.3 is 43.1 Å². The number of aromatic nitrogens is 4. The summed E-state index contributed by atoms with van der Waals surface area (Å²) >= 11 is 4.81. The van der Waals surface area contributed by atoms with Gasteiger partial charge >= 0.3 is 66.0 Å². The summed E-state index contributed by atoms with van der Waals surface area (Å²) in [7, 11) is 0.777. The van der Waals surface area contributed by atoms with E-state index in [-0.39, 0.29) is 71.4 Å². The van der Waals surface area contributed by atoms with Crippen LogP contribution in [-0.2, 0) is 78.6 Å². The van der Waals surface area contributed by atoms with E-state index in [0.29, 0.717) is 5.75 Å². The number of phenols is 1. The van der Waals surface area contributed by atoms with Gasteiger partial charge in [-0.1, -0.05) is 191 Å². The summed E-state index contributed by atoms with van der Waals surface area (Å²) in [5, 5.41) is 11.4. The molecule has 0 unspecified atom stereocenters. The van der Waals surface area contributed by atoms with Gasteiger partial charge in [0.1, 0.15) is 5.75 Å². The van der Waals surface area contributed by atoms with Gasteiger partial charge in [0, 0.05) is 0 Å². The van der Waals surface area contributed by atoms with E-state index in [4.69, 9.17) is 17.7 Å². The second-order valence-electron chi connectivity index (χ2n) is 21.3. The van der Waals surface area contributed by atoms with Crippen LogP contribution in [-0.4, -0.2) is 30.5 Å². The molecule has 0 aliphatic rings. The van der Waals surface area contributed by atoms with Crippen molar-refractivity contribution in [1.82, 2.24) is 19.9 Å². The molecule has 0 aliphatic carbocycles. The number of aromatic hydroxyl groups is 1. The average molecular weight is 1560 g/mol. The molecule has 4 aromatic heterocycles. The van der Waals surface area contributed by atoms with Gasteiger partial charge in [0.05, 0.1) is 0 Å². The predicted octanol–water partition coefficient (Wildman–Crippen LogP) is 20.5. The number of hydrogen-bond acceptors (Lipinski definition) is 6. The molecule has 12 heteroatoms. The number of rotatable bonds is 10. The standard InChI is InChI=1S/4C17H11N.C12H11P.C6H6O.C6H6S.4Ni.H2O/c4*1-3-8-14(9-4-1)16-12-7-13-17(18-16)15-10-5-2-6-11-15;1-3-7-11(8-4-1)13-12-9-5-2-6-10-12;2*7-6-4-2-1-3-5-6;;;;;/h4*1-8,10,12-13H;1-10,13H;2*1-5,7H;;;;;1H2/q4*-2;;;;3*+2;+3;/p-1. The maximum Gasteiger partial charge on any atom is 3.00 e. The van der Waals surface area contributed by atoms with Crippen LogP contribution in [0.15, 0.2) is 393 Å². The fourth-order valence-corrected chi connectivity index (χ4v) is 10.6. The van der Waals surface area contributed by atoms with Crippen LogP contribution >= 0.6 is 8.58 Å². The SMILES string of the molecule is O.Oc1ccccc1.[Ni+2].[Ni+2].[Ni+2].[Ni+3].[S-]c1ccccc1.[c-]1ccccc1-c1cccc(-c2[c-]cccc2)n1.[c-]1ccccc1-c1cccc(-c2[c-]cccc2)n1.[c-]1ccccc1-c1cccc(-c2[c-]cccc2)n1.[c-]1ccccc1-c1cccc(-c2[c-]cccc2)n1.c1ccc(Pc2ccccc2)cc1. The first-order valence-electron chi connectivity index (χ1n) is 32.0. The van der Waals surface area contributed by atoms with Crippen LogP contribution in [0.3, 0.4) is 0 Å². The molecular weight excluding hydrogens is 1490 g/mol. The third-order valence-electron chi connectivity index (χ3n) is 14.2. The van der Waals surface area contributed by atoms with Crippen molar-refractivity contribution in [3.63, 3.8) is 0 Å². The molecule has 0 aliphatic heterocycles. The molecule has 0 spiro atoms. The van der Waals surface area contributed by atoms with E-state index < -0.39 is 0 Å². The Morgan fingerprint density at radius 1 is 0.221 bits per heavy atom. The number of pyridine rings is 4. The molecule has 16 aromatic rings. The van der Waals surface area contributed by atoms with Crippen LogP contribution in [0, 0.1) is 48.5 Å². The van der Waals surface area contributed by atoms with Gasteiger partial charge in [0.25, 0.3) is 0 Å². The van der Waals surface area contributed by atoms with Gasteiger partial charge in [-0.3, -0.25) is 0 Å². The van der Waals surface area contributed by atoms with E-state index in [0.717, 1.165) is 104 Å². The minimum atomic E-state index is 0. The number of hydrogen-bond donors (Lipinski definition) is 1. The first kappa shape index (κ1) is 84.3. The summed E-state index contributed by atoms with van der Waals surface area (Å²) in [5.41, 5.74) is 15.6. The summed E-state index contributed by atoms with van der Waals surface area (Å²) in [5.74, 6) is 0.322. The van der Waals surface area contributed by atoms with Crippen molar-refractivity contribution in [2.75, 3.05) is 0 Å². The van der Waals surface area contributed by atoms with Crippen molar-refractivity contribution in [2.24, 2.45) is 0 Å². The Balaban J connectivity index is 0.000000221. The monoisotopic (exact) mass is 1560 g/mol. The molecule has 0 bridgehead atoms. The zero-order chi connectivity index (χ0) is 68.0. The predicted molar refractivity (Wildman–Crippen MR) is 415 cm³/mol.